The first-order chi connectivity index (χ1) is 10.9. The molecule has 1 aliphatic rings. The van der Waals surface area contributed by atoms with Crippen molar-refractivity contribution in [3.05, 3.63) is 15.8 Å². The summed E-state index contributed by atoms with van der Waals surface area (Å²) in [4.78, 5) is 27.0. The number of hydrogen-bond acceptors (Lipinski definition) is 5. The van der Waals surface area contributed by atoms with E-state index < -0.39 is 5.97 Å². The van der Waals surface area contributed by atoms with Crippen molar-refractivity contribution in [1.82, 2.24) is 10.2 Å². The zero-order valence-electron chi connectivity index (χ0n) is 14.2. The van der Waals surface area contributed by atoms with Crippen molar-refractivity contribution in [2.75, 3.05) is 26.7 Å². The Kier molecular flexibility index (Phi) is 7.99. The van der Waals surface area contributed by atoms with Gasteiger partial charge in [-0.3, -0.25) is 14.5 Å². The Morgan fingerprint density at radius 1 is 1.46 bits per heavy atom. The van der Waals surface area contributed by atoms with Crippen molar-refractivity contribution in [3.63, 3.8) is 0 Å². The van der Waals surface area contributed by atoms with E-state index in [1.54, 1.807) is 7.11 Å². The molecular weight excluding hydrogens is 352 g/mol. The summed E-state index contributed by atoms with van der Waals surface area (Å²) in [5.74, 6) is -0.0845. The summed E-state index contributed by atoms with van der Waals surface area (Å²) in [6.07, 6.45) is 1.99. The van der Waals surface area contributed by atoms with E-state index in [0.29, 0.717) is 23.7 Å². The lowest BCUT2D eigenvalue weighted by Gasteiger charge is -2.19. The number of methoxy groups -OCH3 is 1. The van der Waals surface area contributed by atoms with E-state index in [-0.39, 0.29) is 36.8 Å². The number of carboxylic acid groups (broad SMARTS) is 1. The molecule has 1 aromatic rings. The van der Waals surface area contributed by atoms with Crippen molar-refractivity contribution in [2.45, 2.75) is 32.7 Å². The Hall–Kier alpha value is -1.31. The molecule has 1 amide bonds. The molecule has 2 heterocycles. The fourth-order valence-electron chi connectivity index (χ4n) is 3.14. The van der Waals surface area contributed by atoms with Gasteiger partial charge in [-0.1, -0.05) is 13.3 Å². The van der Waals surface area contributed by atoms with Crippen LogP contribution < -0.4 is 10.1 Å². The molecule has 1 aliphatic heterocycles. The number of ether oxygens (including phenoxy) is 1. The molecular formula is C16H25ClN2O4S. The van der Waals surface area contributed by atoms with Crippen LogP contribution in [0.25, 0.3) is 0 Å². The number of aliphatic carboxylic acids is 1. The summed E-state index contributed by atoms with van der Waals surface area (Å²) >= 11 is 1.41. The fourth-order valence-corrected chi connectivity index (χ4v) is 4.02. The number of aryl methyl sites for hydroxylation is 1. The smallest absolute Gasteiger partial charge is 0.317 e. The van der Waals surface area contributed by atoms with Crippen LogP contribution in [0.2, 0.25) is 0 Å². The first kappa shape index (κ1) is 20.7. The molecule has 2 rings (SSSR count). The van der Waals surface area contributed by atoms with Crippen molar-refractivity contribution in [2.24, 2.45) is 5.92 Å². The molecule has 0 unspecified atom stereocenters. The number of amides is 1. The van der Waals surface area contributed by atoms with Gasteiger partial charge >= 0.3 is 5.97 Å². The summed E-state index contributed by atoms with van der Waals surface area (Å²) in [6.45, 7) is 5.35. The normalized spacial score (nSPS) is 20.5. The van der Waals surface area contributed by atoms with Crippen LogP contribution in [-0.4, -0.2) is 54.7 Å². The number of carbonyl (C=O) groups excluding carboxylic acids is 1. The lowest BCUT2D eigenvalue weighted by Crippen LogP contribution is -2.40. The van der Waals surface area contributed by atoms with Gasteiger partial charge in [0.05, 0.1) is 13.7 Å². The Morgan fingerprint density at radius 3 is 2.75 bits per heavy atom. The highest BCUT2D eigenvalue weighted by Gasteiger charge is 2.34. The molecule has 2 atom stereocenters. The van der Waals surface area contributed by atoms with Gasteiger partial charge in [-0.15, -0.1) is 23.7 Å². The number of carbonyl (C=O) groups is 2. The molecule has 8 heteroatoms. The first-order valence-electron chi connectivity index (χ1n) is 7.84. The third-order valence-corrected chi connectivity index (χ3v) is 5.13. The largest absolute Gasteiger partial charge is 0.495 e. The standard InChI is InChI=1S/C16H24N2O4S.ClH/c1-4-5-11-7-18(9-14(19)20)8-12(11)17-16(21)15-13(22-3)6-10(2)23-15;/h6,11-12H,4-5,7-9H2,1-3H3,(H,17,21)(H,19,20);1H/t11-,12-;/m0./s1. The minimum atomic E-state index is -0.831. The van der Waals surface area contributed by atoms with E-state index in [1.165, 1.54) is 11.3 Å². The predicted octanol–water partition coefficient (Wildman–Crippen LogP) is 2.40. The van der Waals surface area contributed by atoms with Gasteiger partial charge in [0.2, 0.25) is 0 Å². The van der Waals surface area contributed by atoms with Crippen molar-refractivity contribution in [3.8, 4) is 5.75 Å². The molecule has 0 bridgehead atoms. The van der Waals surface area contributed by atoms with Crippen LogP contribution in [0.5, 0.6) is 5.75 Å². The summed E-state index contributed by atoms with van der Waals surface area (Å²) in [5, 5.41) is 12.0. The molecule has 136 valence electrons. The number of carboxylic acids is 1. The van der Waals surface area contributed by atoms with Crippen LogP contribution in [-0.2, 0) is 4.79 Å². The molecule has 0 spiro atoms. The summed E-state index contributed by atoms with van der Waals surface area (Å²) in [5.41, 5.74) is 0. The molecule has 0 radical (unpaired) electrons. The van der Waals surface area contributed by atoms with E-state index >= 15 is 0 Å². The van der Waals surface area contributed by atoms with Gasteiger partial charge < -0.3 is 15.2 Å². The lowest BCUT2D eigenvalue weighted by atomic mass is 9.98. The van der Waals surface area contributed by atoms with Crippen LogP contribution in [0.3, 0.4) is 0 Å². The van der Waals surface area contributed by atoms with E-state index in [2.05, 4.69) is 12.2 Å². The Bertz CT molecular complexity index is 578. The number of rotatable bonds is 7. The second kappa shape index (κ2) is 9.25. The maximum atomic E-state index is 12.6. The Morgan fingerprint density at radius 2 is 2.17 bits per heavy atom. The van der Waals surface area contributed by atoms with Crippen LogP contribution in [0.1, 0.15) is 34.3 Å². The number of nitrogens with one attached hydrogen (secondary N) is 1. The molecule has 0 aromatic carbocycles. The highest BCUT2D eigenvalue weighted by Crippen LogP contribution is 2.29. The summed E-state index contributed by atoms with van der Waals surface area (Å²) in [6, 6.07) is 1.84. The van der Waals surface area contributed by atoms with Crippen molar-refractivity contribution >= 4 is 35.6 Å². The van der Waals surface area contributed by atoms with Gasteiger partial charge in [-0.25, -0.2) is 0 Å². The monoisotopic (exact) mass is 376 g/mol. The van der Waals surface area contributed by atoms with E-state index in [1.807, 2.05) is 17.9 Å². The van der Waals surface area contributed by atoms with Gasteiger partial charge in [0.25, 0.3) is 5.91 Å². The van der Waals surface area contributed by atoms with Crippen LogP contribution >= 0.6 is 23.7 Å². The molecule has 24 heavy (non-hydrogen) atoms. The zero-order chi connectivity index (χ0) is 17.0. The lowest BCUT2D eigenvalue weighted by molar-refractivity contribution is -0.138. The second-order valence-electron chi connectivity index (χ2n) is 5.97. The van der Waals surface area contributed by atoms with Crippen LogP contribution in [0.4, 0.5) is 0 Å². The quantitative estimate of drug-likeness (QED) is 0.764. The average Bonchev–Trinajstić information content (AvgIpc) is 3.02. The zero-order valence-corrected chi connectivity index (χ0v) is 15.8. The molecule has 1 saturated heterocycles. The molecule has 1 fully saturated rings. The highest BCUT2D eigenvalue weighted by molar-refractivity contribution is 7.14. The Balaban J connectivity index is 0.00000288. The van der Waals surface area contributed by atoms with Crippen LogP contribution in [0.15, 0.2) is 6.07 Å². The van der Waals surface area contributed by atoms with Gasteiger partial charge in [0.1, 0.15) is 10.6 Å². The minimum Gasteiger partial charge on any atom is -0.495 e. The second-order valence-corrected chi connectivity index (χ2v) is 7.23. The molecule has 6 nitrogen and oxygen atoms in total. The van der Waals surface area contributed by atoms with Crippen molar-refractivity contribution in [1.29, 1.82) is 0 Å². The number of thiophene rings is 1. The maximum absolute atomic E-state index is 12.6. The summed E-state index contributed by atoms with van der Waals surface area (Å²) < 4.78 is 5.26. The fraction of sp³-hybridized carbons (Fsp3) is 0.625. The van der Waals surface area contributed by atoms with Crippen LogP contribution in [0, 0.1) is 12.8 Å². The minimum absolute atomic E-state index is 0. The van der Waals surface area contributed by atoms with E-state index in [0.717, 1.165) is 17.7 Å². The highest BCUT2D eigenvalue weighted by atomic mass is 35.5. The van der Waals surface area contributed by atoms with Gasteiger partial charge in [0.15, 0.2) is 0 Å². The van der Waals surface area contributed by atoms with Gasteiger partial charge in [0, 0.05) is 24.0 Å². The molecule has 1 aromatic heterocycles. The molecule has 0 aliphatic carbocycles. The van der Waals surface area contributed by atoms with Gasteiger partial charge in [-0.2, -0.15) is 0 Å². The van der Waals surface area contributed by atoms with Gasteiger partial charge in [-0.05, 0) is 25.3 Å². The third-order valence-electron chi connectivity index (χ3n) is 4.10. The average molecular weight is 377 g/mol. The maximum Gasteiger partial charge on any atom is 0.317 e. The molecule has 2 N–H and O–H groups in total. The topological polar surface area (TPSA) is 78.9 Å². The number of nitrogens with zero attached hydrogens (tertiary/aromatic N) is 1. The predicted molar refractivity (Wildman–Crippen MR) is 96.6 cm³/mol. The number of hydrogen-bond donors (Lipinski definition) is 2. The Labute approximate surface area is 152 Å². The number of halogens is 1. The van der Waals surface area contributed by atoms with E-state index in [9.17, 15) is 9.59 Å². The first-order valence-corrected chi connectivity index (χ1v) is 8.65. The van der Waals surface area contributed by atoms with E-state index in [4.69, 9.17) is 9.84 Å². The summed E-state index contributed by atoms with van der Waals surface area (Å²) in [7, 11) is 1.56. The number of likely N-dealkylation sites (tertiary alicyclic amines) is 1. The SMILES string of the molecule is CCC[C@H]1CN(CC(=O)O)C[C@@H]1NC(=O)c1sc(C)cc1OC.Cl. The van der Waals surface area contributed by atoms with Crippen molar-refractivity contribution < 1.29 is 19.4 Å². The third kappa shape index (κ3) is 5.09. The molecule has 0 saturated carbocycles.